The van der Waals surface area contributed by atoms with E-state index < -0.39 is 30.0 Å². The Morgan fingerprint density at radius 3 is 2.06 bits per heavy atom. The van der Waals surface area contributed by atoms with Gasteiger partial charge >= 0.3 is 6.18 Å². The molecule has 0 aliphatic heterocycles. The summed E-state index contributed by atoms with van der Waals surface area (Å²) < 4.78 is 62.8. The molecule has 1 aromatic rings. The summed E-state index contributed by atoms with van der Waals surface area (Å²) in [5.41, 5.74) is -1.09. The number of nitriles is 1. The summed E-state index contributed by atoms with van der Waals surface area (Å²) in [5.74, 6) is -2.40. The average Bonchev–Trinajstić information content (AvgIpc) is 2.13. The highest BCUT2D eigenvalue weighted by Crippen LogP contribution is 2.26. The van der Waals surface area contributed by atoms with Gasteiger partial charge in [-0.1, -0.05) is 0 Å². The Hall–Kier alpha value is -1.84. The van der Waals surface area contributed by atoms with Crippen LogP contribution >= 0.6 is 0 Å². The van der Waals surface area contributed by atoms with Gasteiger partial charge in [-0.05, 0) is 12.1 Å². The van der Waals surface area contributed by atoms with E-state index in [1.165, 1.54) is 6.07 Å². The molecule has 0 heterocycles. The zero-order valence-electron chi connectivity index (χ0n) is 8.65. The minimum Gasteiger partial charge on any atom is -0.361 e. The summed E-state index contributed by atoms with van der Waals surface area (Å²) in [6.07, 6.45) is -4.57. The van der Waals surface area contributed by atoms with Gasteiger partial charge in [-0.15, -0.1) is 0 Å². The highest BCUT2D eigenvalue weighted by molar-refractivity contribution is 5.52. The summed E-state index contributed by atoms with van der Waals surface area (Å²) >= 11 is 0. The lowest BCUT2D eigenvalue weighted by Crippen LogP contribution is -2.32. The summed E-state index contributed by atoms with van der Waals surface area (Å²) in [7, 11) is 0.918. The number of alkyl halides is 3. The van der Waals surface area contributed by atoms with E-state index in [-0.39, 0.29) is 5.56 Å². The fourth-order valence-electron chi connectivity index (χ4n) is 1.34. The molecule has 0 aliphatic carbocycles. The van der Waals surface area contributed by atoms with Gasteiger partial charge < -0.3 is 4.90 Å². The molecule has 92 valence electrons. The number of anilines is 1. The molecule has 0 saturated heterocycles. The average molecular weight is 250 g/mol. The minimum absolute atomic E-state index is 0.288. The number of nitrogens with zero attached hydrogens (tertiary/aromatic N) is 2. The van der Waals surface area contributed by atoms with E-state index in [2.05, 4.69) is 0 Å². The molecular weight excluding hydrogens is 243 g/mol. The highest BCUT2D eigenvalue weighted by Gasteiger charge is 2.31. The lowest BCUT2D eigenvalue weighted by atomic mass is 10.2. The third-order valence-electron chi connectivity index (χ3n) is 1.94. The van der Waals surface area contributed by atoms with Crippen LogP contribution in [-0.4, -0.2) is 19.8 Å². The SMILES string of the molecule is CN(CC(F)(F)F)c1c(F)cc(C#N)cc1F. The van der Waals surface area contributed by atoms with E-state index in [4.69, 9.17) is 5.26 Å². The van der Waals surface area contributed by atoms with Crippen LogP contribution in [0.15, 0.2) is 12.1 Å². The number of rotatable bonds is 2. The Labute approximate surface area is 93.9 Å². The molecule has 0 amide bonds. The maximum absolute atomic E-state index is 13.3. The third kappa shape index (κ3) is 3.31. The van der Waals surface area contributed by atoms with Crippen LogP contribution < -0.4 is 4.90 Å². The zero-order valence-corrected chi connectivity index (χ0v) is 8.65. The molecule has 0 aliphatic rings. The van der Waals surface area contributed by atoms with Gasteiger partial charge in [0.05, 0.1) is 11.6 Å². The Balaban J connectivity index is 3.11. The van der Waals surface area contributed by atoms with E-state index in [9.17, 15) is 22.0 Å². The second kappa shape index (κ2) is 4.57. The van der Waals surface area contributed by atoms with Crippen molar-refractivity contribution in [3.8, 4) is 6.07 Å². The Bertz CT molecular complexity index is 438. The molecule has 0 unspecified atom stereocenters. The van der Waals surface area contributed by atoms with Crippen molar-refractivity contribution in [3.05, 3.63) is 29.3 Å². The van der Waals surface area contributed by atoms with E-state index in [1.54, 1.807) is 0 Å². The van der Waals surface area contributed by atoms with Crippen LogP contribution in [0.3, 0.4) is 0 Å². The molecule has 0 atom stereocenters. The van der Waals surface area contributed by atoms with Gasteiger partial charge in [-0.3, -0.25) is 0 Å². The molecule has 1 aromatic carbocycles. The van der Waals surface area contributed by atoms with Crippen molar-refractivity contribution < 1.29 is 22.0 Å². The summed E-state index contributed by atoms with van der Waals surface area (Å²) in [6.45, 7) is -1.48. The molecular formula is C10H7F5N2. The van der Waals surface area contributed by atoms with Gasteiger partial charge in [0.1, 0.15) is 12.2 Å². The van der Waals surface area contributed by atoms with E-state index >= 15 is 0 Å². The number of halogens is 5. The molecule has 0 fully saturated rings. The first kappa shape index (κ1) is 13.2. The van der Waals surface area contributed by atoms with Crippen LogP contribution in [0.2, 0.25) is 0 Å². The molecule has 0 radical (unpaired) electrons. The molecule has 0 N–H and O–H groups in total. The fraction of sp³-hybridized carbons (Fsp3) is 0.300. The van der Waals surface area contributed by atoms with Crippen LogP contribution in [-0.2, 0) is 0 Å². The van der Waals surface area contributed by atoms with Crippen LogP contribution in [0.1, 0.15) is 5.56 Å². The van der Waals surface area contributed by atoms with E-state index in [1.807, 2.05) is 0 Å². The second-order valence-corrected chi connectivity index (χ2v) is 3.37. The van der Waals surface area contributed by atoms with Crippen LogP contribution in [0, 0.1) is 23.0 Å². The smallest absolute Gasteiger partial charge is 0.361 e. The molecule has 2 nitrogen and oxygen atoms in total. The van der Waals surface area contributed by atoms with Gasteiger partial charge in [0.15, 0.2) is 11.6 Å². The number of hydrogen-bond donors (Lipinski definition) is 0. The van der Waals surface area contributed by atoms with Gasteiger partial charge in [0.2, 0.25) is 0 Å². The van der Waals surface area contributed by atoms with Crippen molar-refractivity contribution in [2.45, 2.75) is 6.18 Å². The predicted octanol–water partition coefficient (Wildman–Crippen LogP) is 2.83. The van der Waals surface area contributed by atoms with Crippen molar-refractivity contribution >= 4 is 5.69 Å². The second-order valence-electron chi connectivity index (χ2n) is 3.37. The first-order valence-corrected chi connectivity index (χ1v) is 4.41. The summed E-state index contributed by atoms with van der Waals surface area (Å²) in [5, 5.41) is 8.43. The molecule has 0 spiro atoms. The Morgan fingerprint density at radius 2 is 1.71 bits per heavy atom. The standard InChI is InChI=1S/C10H7F5N2/c1-17(5-10(13,14)15)9-7(11)2-6(4-16)3-8(9)12/h2-3H,5H2,1H3. The van der Waals surface area contributed by atoms with Crippen LogP contribution in [0.4, 0.5) is 27.6 Å². The maximum Gasteiger partial charge on any atom is 0.405 e. The van der Waals surface area contributed by atoms with Gasteiger partial charge in [0.25, 0.3) is 0 Å². The monoisotopic (exact) mass is 250 g/mol. The van der Waals surface area contributed by atoms with Gasteiger partial charge in [-0.25, -0.2) is 8.78 Å². The predicted molar refractivity (Wildman–Crippen MR) is 50.4 cm³/mol. The maximum atomic E-state index is 13.3. The summed E-state index contributed by atoms with van der Waals surface area (Å²) in [4.78, 5) is 0.409. The number of benzene rings is 1. The normalized spacial score (nSPS) is 11.1. The largest absolute Gasteiger partial charge is 0.405 e. The van der Waals surface area contributed by atoms with Gasteiger partial charge in [0, 0.05) is 7.05 Å². The van der Waals surface area contributed by atoms with E-state index in [0.29, 0.717) is 17.0 Å². The lowest BCUT2D eigenvalue weighted by molar-refractivity contribution is -0.119. The first-order chi connectivity index (χ1) is 7.74. The third-order valence-corrected chi connectivity index (χ3v) is 1.94. The van der Waals surface area contributed by atoms with Crippen LogP contribution in [0.25, 0.3) is 0 Å². The van der Waals surface area contributed by atoms with E-state index in [0.717, 1.165) is 7.05 Å². The lowest BCUT2D eigenvalue weighted by Gasteiger charge is -2.21. The zero-order chi connectivity index (χ0) is 13.2. The Kier molecular flexibility index (Phi) is 3.56. The molecule has 0 aromatic heterocycles. The molecule has 1 rings (SSSR count). The molecule has 7 heteroatoms. The van der Waals surface area contributed by atoms with Crippen molar-refractivity contribution in [2.24, 2.45) is 0 Å². The number of hydrogen-bond acceptors (Lipinski definition) is 2. The summed E-state index contributed by atoms with van der Waals surface area (Å²) in [6, 6.07) is 2.87. The molecule has 0 saturated carbocycles. The minimum atomic E-state index is -4.57. The van der Waals surface area contributed by atoms with Crippen molar-refractivity contribution in [3.63, 3.8) is 0 Å². The Morgan fingerprint density at radius 1 is 1.24 bits per heavy atom. The van der Waals surface area contributed by atoms with Crippen LogP contribution in [0.5, 0.6) is 0 Å². The van der Waals surface area contributed by atoms with Crippen molar-refractivity contribution in [1.29, 1.82) is 5.26 Å². The van der Waals surface area contributed by atoms with Gasteiger partial charge in [-0.2, -0.15) is 18.4 Å². The van der Waals surface area contributed by atoms with Crippen molar-refractivity contribution in [1.82, 2.24) is 0 Å². The molecule has 17 heavy (non-hydrogen) atoms. The topological polar surface area (TPSA) is 27.0 Å². The molecule has 0 bridgehead atoms. The quantitative estimate of drug-likeness (QED) is 0.754. The highest BCUT2D eigenvalue weighted by atomic mass is 19.4. The fourth-order valence-corrected chi connectivity index (χ4v) is 1.34. The van der Waals surface area contributed by atoms with Crippen molar-refractivity contribution in [2.75, 3.05) is 18.5 Å². The first-order valence-electron chi connectivity index (χ1n) is 4.41.